The van der Waals surface area contributed by atoms with Crippen molar-refractivity contribution in [2.24, 2.45) is 7.05 Å². The zero-order chi connectivity index (χ0) is 20.6. The van der Waals surface area contributed by atoms with Crippen LogP contribution in [0.3, 0.4) is 0 Å². The van der Waals surface area contributed by atoms with Crippen molar-refractivity contribution in [1.29, 1.82) is 0 Å². The number of amides is 1. The predicted octanol–water partition coefficient (Wildman–Crippen LogP) is 1.80. The molecule has 0 aliphatic carbocycles. The van der Waals surface area contributed by atoms with Gasteiger partial charge >= 0.3 is 0 Å². The van der Waals surface area contributed by atoms with Gasteiger partial charge in [-0.15, -0.1) is 0 Å². The van der Waals surface area contributed by atoms with Gasteiger partial charge in [0.1, 0.15) is 5.75 Å². The summed E-state index contributed by atoms with van der Waals surface area (Å²) in [4.78, 5) is 15.0. The number of hydrogen-bond donors (Lipinski definition) is 0. The highest BCUT2D eigenvalue weighted by Gasteiger charge is 2.35. The molecule has 2 aromatic rings. The van der Waals surface area contributed by atoms with E-state index in [4.69, 9.17) is 4.74 Å². The van der Waals surface area contributed by atoms with Crippen LogP contribution in [0.2, 0.25) is 0 Å². The van der Waals surface area contributed by atoms with Crippen LogP contribution in [-0.4, -0.2) is 59.6 Å². The fourth-order valence-electron chi connectivity index (χ4n) is 4.04. The summed E-state index contributed by atoms with van der Waals surface area (Å²) < 4.78 is 34.9. The van der Waals surface area contributed by atoms with Gasteiger partial charge in [-0.25, -0.2) is 8.42 Å². The summed E-state index contributed by atoms with van der Waals surface area (Å²) in [5.74, 6) is 0.540. The van der Waals surface area contributed by atoms with Crippen molar-refractivity contribution >= 4 is 15.9 Å². The van der Waals surface area contributed by atoms with Crippen molar-refractivity contribution in [2.75, 3.05) is 26.2 Å². The number of aryl methyl sites for hydroxylation is 1. The molecule has 2 aliphatic heterocycles. The second kappa shape index (κ2) is 7.79. The van der Waals surface area contributed by atoms with Crippen LogP contribution < -0.4 is 4.74 Å². The molecule has 4 rings (SSSR count). The van der Waals surface area contributed by atoms with Crippen LogP contribution in [0.1, 0.15) is 41.5 Å². The maximum absolute atomic E-state index is 13.2. The molecule has 0 spiro atoms. The first-order valence-electron chi connectivity index (χ1n) is 9.99. The second-order valence-electron chi connectivity index (χ2n) is 7.39. The molecule has 3 heterocycles. The van der Waals surface area contributed by atoms with Crippen LogP contribution in [0, 0.1) is 0 Å². The smallest absolute Gasteiger partial charge is 0.274 e. The van der Waals surface area contributed by atoms with Crippen LogP contribution in [0.5, 0.6) is 5.75 Å². The third-order valence-electron chi connectivity index (χ3n) is 5.58. The Morgan fingerprint density at radius 1 is 1.14 bits per heavy atom. The van der Waals surface area contributed by atoms with Gasteiger partial charge in [0, 0.05) is 50.9 Å². The minimum atomic E-state index is -3.67. The molecule has 1 amide bonds. The lowest BCUT2D eigenvalue weighted by molar-refractivity contribution is 0.0784. The van der Waals surface area contributed by atoms with E-state index in [-0.39, 0.29) is 17.3 Å². The zero-order valence-corrected chi connectivity index (χ0v) is 17.6. The van der Waals surface area contributed by atoms with E-state index in [0.717, 1.165) is 37.2 Å². The fourth-order valence-corrected chi connectivity index (χ4v) is 5.45. The first kappa shape index (κ1) is 19.9. The molecule has 0 unspecified atom stereocenters. The van der Waals surface area contributed by atoms with E-state index >= 15 is 0 Å². The van der Waals surface area contributed by atoms with E-state index in [0.29, 0.717) is 31.0 Å². The maximum atomic E-state index is 13.2. The molecule has 1 saturated heterocycles. The highest BCUT2D eigenvalue weighted by Crippen LogP contribution is 2.29. The van der Waals surface area contributed by atoms with Gasteiger partial charge in [-0.05, 0) is 44.0 Å². The zero-order valence-electron chi connectivity index (χ0n) is 16.8. The van der Waals surface area contributed by atoms with Crippen LogP contribution in [0.15, 0.2) is 29.2 Å². The van der Waals surface area contributed by atoms with Gasteiger partial charge in [0.2, 0.25) is 10.0 Å². The summed E-state index contributed by atoms with van der Waals surface area (Å²) in [5.41, 5.74) is 2.05. The number of aromatic nitrogens is 2. The lowest BCUT2D eigenvalue weighted by Crippen LogP contribution is -2.37. The molecule has 0 bridgehead atoms. The summed E-state index contributed by atoms with van der Waals surface area (Å²) in [6.45, 7) is 4.39. The maximum Gasteiger partial charge on any atom is 0.274 e. The molecule has 1 aromatic heterocycles. The predicted molar refractivity (Wildman–Crippen MR) is 107 cm³/mol. The quantitative estimate of drug-likeness (QED) is 0.739. The Bertz CT molecular complexity index is 1010. The standard InChI is InChI=1S/C20H26N4O4S/c1-3-28-15-6-8-16(9-7-15)29(26,27)24-13-10-18-17(14-24)19(21-22(18)2)20(25)23-11-4-5-12-23/h6-9H,3-5,10-14H2,1-2H3. The summed E-state index contributed by atoms with van der Waals surface area (Å²) in [5, 5.41) is 4.45. The number of ether oxygens (including phenoxy) is 1. The second-order valence-corrected chi connectivity index (χ2v) is 9.33. The van der Waals surface area contributed by atoms with Crippen molar-refractivity contribution in [1.82, 2.24) is 19.0 Å². The van der Waals surface area contributed by atoms with Gasteiger partial charge in [0.05, 0.1) is 11.5 Å². The minimum Gasteiger partial charge on any atom is -0.494 e. The third kappa shape index (κ3) is 3.64. The van der Waals surface area contributed by atoms with E-state index < -0.39 is 10.0 Å². The molecule has 0 radical (unpaired) electrons. The van der Waals surface area contributed by atoms with Crippen LogP contribution in [0.25, 0.3) is 0 Å². The Morgan fingerprint density at radius 2 is 1.83 bits per heavy atom. The molecule has 1 aromatic carbocycles. The number of hydrogen-bond acceptors (Lipinski definition) is 5. The molecule has 0 N–H and O–H groups in total. The lowest BCUT2D eigenvalue weighted by Gasteiger charge is -2.27. The van der Waals surface area contributed by atoms with E-state index in [1.807, 2.05) is 18.9 Å². The molecular formula is C20H26N4O4S. The van der Waals surface area contributed by atoms with E-state index in [1.54, 1.807) is 28.9 Å². The van der Waals surface area contributed by atoms with Gasteiger partial charge < -0.3 is 9.64 Å². The first-order chi connectivity index (χ1) is 13.9. The number of rotatable bonds is 5. The molecule has 0 saturated carbocycles. The highest BCUT2D eigenvalue weighted by molar-refractivity contribution is 7.89. The SMILES string of the molecule is CCOc1ccc(S(=O)(=O)N2CCc3c(c(C(=O)N4CCCC4)nn3C)C2)cc1. The van der Waals surface area contributed by atoms with E-state index in [9.17, 15) is 13.2 Å². The van der Waals surface area contributed by atoms with Gasteiger partial charge in [-0.1, -0.05) is 0 Å². The number of fused-ring (bicyclic) bond motifs is 1. The van der Waals surface area contributed by atoms with E-state index in [1.165, 1.54) is 4.31 Å². The van der Waals surface area contributed by atoms with Crippen molar-refractivity contribution in [3.63, 3.8) is 0 Å². The largest absolute Gasteiger partial charge is 0.494 e. The Hall–Kier alpha value is -2.39. The van der Waals surface area contributed by atoms with Crippen LogP contribution in [-0.2, 0) is 30.0 Å². The van der Waals surface area contributed by atoms with Crippen LogP contribution in [0.4, 0.5) is 0 Å². The lowest BCUT2D eigenvalue weighted by atomic mass is 10.1. The summed E-state index contributed by atoms with van der Waals surface area (Å²) in [6, 6.07) is 6.46. The number of nitrogens with zero attached hydrogens (tertiary/aromatic N) is 4. The number of benzene rings is 1. The van der Waals surface area contributed by atoms with Crippen molar-refractivity contribution < 1.29 is 17.9 Å². The number of carbonyl (C=O) groups excluding carboxylic acids is 1. The van der Waals surface area contributed by atoms with Gasteiger partial charge in [-0.2, -0.15) is 9.40 Å². The Balaban J connectivity index is 1.61. The Kier molecular flexibility index (Phi) is 5.35. The Labute approximate surface area is 171 Å². The van der Waals surface area contributed by atoms with E-state index in [2.05, 4.69) is 5.10 Å². The summed E-state index contributed by atoms with van der Waals surface area (Å²) in [7, 11) is -1.86. The minimum absolute atomic E-state index is 0.0975. The first-order valence-corrected chi connectivity index (χ1v) is 11.4. The topological polar surface area (TPSA) is 84.7 Å². The molecule has 0 atom stereocenters. The molecule has 2 aliphatic rings. The van der Waals surface area contributed by atoms with Gasteiger partial charge in [0.15, 0.2) is 5.69 Å². The average molecular weight is 419 g/mol. The normalized spacial score (nSPS) is 17.4. The highest BCUT2D eigenvalue weighted by atomic mass is 32.2. The van der Waals surface area contributed by atoms with Crippen molar-refractivity contribution in [3.05, 3.63) is 41.2 Å². The summed E-state index contributed by atoms with van der Waals surface area (Å²) in [6.07, 6.45) is 2.53. The number of sulfonamides is 1. The number of likely N-dealkylation sites (tertiary alicyclic amines) is 1. The number of carbonyl (C=O) groups is 1. The van der Waals surface area contributed by atoms with Crippen molar-refractivity contribution in [2.45, 2.75) is 37.6 Å². The third-order valence-corrected chi connectivity index (χ3v) is 7.44. The fraction of sp³-hybridized carbons (Fsp3) is 0.500. The molecule has 8 nitrogen and oxygen atoms in total. The van der Waals surface area contributed by atoms with Gasteiger partial charge in [0.25, 0.3) is 5.91 Å². The average Bonchev–Trinajstić information content (AvgIpc) is 3.36. The molecule has 9 heteroatoms. The monoisotopic (exact) mass is 418 g/mol. The summed E-state index contributed by atoms with van der Waals surface area (Å²) >= 11 is 0. The molecule has 156 valence electrons. The van der Waals surface area contributed by atoms with Crippen LogP contribution >= 0.6 is 0 Å². The van der Waals surface area contributed by atoms with Crippen molar-refractivity contribution in [3.8, 4) is 5.75 Å². The Morgan fingerprint density at radius 3 is 2.48 bits per heavy atom. The molecule has 29 heavy (non-hydrogen) atoms. The molecular weight excluding hydrogens is 392 g/mol. The van der Waals surface area contributed by atoms with Gasteiger partial charge in [-0.3, -0.25) is 9.48 Å². The molecule has 1 fully saturated rings.